The SMILES string of the molecule is CCN1CC[C@](O)(c2ccccc2)[C@H](N2CCN(C)CC2)C1. The Morgan fingerprint density at radius 1 is 1.09 bits per heavy atom. The normalized spacial score (nSPS) is 32.2. The first kappa shape index (κ1) is 15.9. The first-order chi connectivity index (χ1) is 10.6. The monoisotopic (exact) mass is 303 g/mol. The lowest BCUT2D eigenvalue weighted by Gasteiger charge is -2.51. The minimum atomic E-state index is -0.719. The van der Waals surface area contributed by atoms with Gasteiger partial charge in [0, 0.05) is 39.3 Å². The number of likely N-dealkylation sites (N-methyl/N-ethyl adjacent to an activating group) is 2. The number of nitrogens with zero attached hydrogens (tertiary/aromatic N) is 3. The highest BCUT2D eigenvalue weighted by Gasteiger charge is 2.45. The van der Waals surface area contributed by atoms with Crippen molar-refractivity contribution in [1.29, 1.82) is 0 Å². The van der Waals surface area contributed by atoms with Crippen LogP contribution in [0.4, 0.5) is 0 Å². The third-order valence-corrected chi connectivity index (χ3v) is 5.49. The standard InChI is InChI=1S/C18H29N3O/c1-3-20-10-9-18(22,16-7-5-4-6-8-16)17(15-20)21-13-11-19(2)12-14-21/h4-8,17,22H,3,9-15H2,1-2H3/t17-,18+/m1/s1. The van der Waals surface area contributed by atoms with Crippen LogP contribution >= 0.6 is 0 Å². The van der Waals surface area contributed by atoms with Crippen LogP contribution in [-0.2, 0) is 5.60 Å². The molecule has 0 unspecified atom stereocenters. The minimum Gasteiger partial charge on any atom is -0.383 e. The third kappa shape index (κ3) is 3.06. The van der Waals surface area contributed by atoms with Gasteiger partial charge in [0.15, 0.2) is 0 Å². The lowest BCUT2D eigenvalue weighted by molar-refractivity contribution is -0.106. The number of piperazine rings is 1. The van der Waals surface area contributed by atoms with Crippen molar-refractivity contribution in [1.82, 2.24) is 14.7 Å². The summed E-state index contributed by atoms with van der Waals surface area (Å²) in [6.45, 7) is 9.50. The van der Waals surface area contributed by atoms with Crippen molar-refractivity contribution in [2.24, 2.45) is 0 Å². The summed E-state index contributed by atoms with van der Waals surface area (Å²) in [5, 5.41) is 11.6. The van der Waals surface area contributed by atoms with E-state index in [2.05, 4.69) is 40.8 Å². The lowest BCUT2D eigenvalue weighted by atomic mass is 9.79. The Morgan fingerprint density at radius 2 is 1.77 bits per heavy atom. The molecule has 0 saturated carbocycles. The molecule has 1 N–H and O–H groups in total. The maximum Gasteiger partial charge on any atom is 0.108 e. The van der Waals surface area contributed by atoms with Gasteiger partial charge in [-0.1, -0.05) is 37.3 Å². The van der Waals surface area contributed by atoms with E-state index in [9.17, 15) is 5.11 Å². The molecule has 2 aliphatic heterocycles. The van der Waals surface area contributed by atoms with Crippen LogP contribution in [0.5, 0.6) is 0 Å². The quantitative estimate of drug-likeness (QED) is 0.909. The van der Waals surface area contributed by atoms with Crippen LogP contribution in [0.25, 0.3) is 0 Å². The molecule has 2 fully saturated rings. The van der Waals surface area contributed by atoms with Crippen LogP contribution in [0.2, 0.25) is 0 Å². The minimum absolute atomic E-state index is 0.192. The van der Waals surface area contributed by atoms with Crippen LogP contribution in [0.3, 0.4) is 0 Å². The zero-order valence-electron chi connectivity index (χ0n) is 13.9. The fraction of sp³-hybridized carbons (Fsp3) is 0.667. The Bertz CT molecular complexity index is 472. The van der Waals surface area contributed by atoms with Gasteiger partial charge in [-0.2, -0.15) is 0 Å². The molecule has 4 nitrogen and oxygen atoms in total. The summed E-state index contributed by atoms with van der Waals surface area (Å²) in [5.74, 6) is 0. The van der Waals surface area contributed by atoms with Crippen LogP contribution in [0, 0.1) is 0 Å². The number of rotatable bonds is 3. The summed E-state index contributed by atoms with van der Waals surface area (Å²) in [6, 6.07) is 10.5. The van der Waals surface area contributed by atoms with E-state index in [0.717, 1.165) is 57.8 Å². The summed E-state index contributed by atoms with van der Waals surface area (Å²) in [5.41, 5.74) is 0.359. The lowest BCUT2D eigenvalue weighted by Crippen LogP contribution is -2.63. The number of hydrogen-bond acceptors (Lipinski definition) is 4. The molecule has 122 valence electrons. The highest BCUT2D eigenvalue weighted by Crippen LogP contribution is 2.36. The van der Waals surface area contributed by atoms with Crippen molar-refractivity contribution >= 4 is 0 Å². The van der Waals surface area contributed by atoms with E-state index in [1.165, 1.54) is 0 Å². The average Bonchev–Trinajstić information content (AvgIpc) is 2.57. The van der Waals surface area contributed by atoms with Gasteiger partial charge < -0.3 is 14.9 Å². The number of benzene rings is 1. The molecule has 1 aromatic carbocycles. The van der Waals surface area contributed by atoms with Gasteiger partial charge in [-0.05, 0) is 25.6 Å². The van der Waals surface area contributed by atoms with Gasteiger partial charge in [-0.15, -0.1) is 0 Å². The maximum atomic E-state index is 11.6. The Balaban J connectivity index is 1.86. The van der Waals surface area contributed by atoms with Gasteiger partial charge in [-0.25, -0.2) is 0 Å². The molecular formula is C18H29N3O. The predicted molar refractivity (Wildman–Crippen MR) is 89.9 cm³/mol. The van der Waals surface area contributed by atoms with Crippen molar-refractivity contribution in [3.8, 4) is 0 Å². The van der Waals surface area contributed by atoms with E-state index in [4.69, 9.17) is 0 Å². The van der Waals surface area contributed by atoms with E-state index < -0.39 is 5.60 Å². The zero-order valence-corrected chi connectivity index (χ0v) is 13.9. The Morgan fingerprint density at radius 3 is 2.41 bits per heavy atom. The fourth-order valence-electron chi connectivity index (χ4n) is 3.88. The average molecular weight is 303 g/mol. The molecule has 2 atom stereocenters. The number of hydrogen-bond donors (Lipinski definition) is 1. The van der Waals surface area contributed by atoms with E-state index in [1.54, 1.807) is 0 Å². The summed E-state index contributed by atoms with van der Waals surface area (Å²) >= 11 is 0. The molecule has 0 bridgehead atoms. The summed E-state index contributed by atoms with van der Waals surface area (Å²) in [4.78, 5) is 7.35. The number of likely N-dealkylation sites (tertiary alicyclic amines) is 1. The van der Waals surface area contributed by atoms with Crippen molar-refractivity contribution in [3.63, 3.8) is 0 Å². The van der Waals surface area contributed by atoms with Crippen LogP contribution < -0.4 is 0 Å². The molecule has 2 heterocycles. The second-order valence-corrected chi connectivity index (χ2v) is 6.79. The van der Waals surface area contributed by atoms with E-state index >= 15 is 0 Å². The van der Waals surface area contributed by atoms with Crippen molar-refractivity contribution < 1.29 is 5.11 Å². The molecule has 1 aromatic rings. The smallest absolute Gasteiger partial charge is 0.108 e. The molecule has 0 radical (unpaired) electrons. The van der Waals surface area contributed by atoms with E-state index in [0.29, 0.717) is 0 Å². The fourth-order valence-corrected chi connectivity index (χ4v) is 3.88. The first-order valence-corrected chi connectivity index (χ1v) is 8.56. The molecule has 0 amide bonds. The van der Waals surface area contributed by atoms with Gasteiger partial charge in [0.25, 0.3) is 0 Å². The highest BCUT2D eigenvalue weighted by atomic mass is 16.3. The van der Waals surface area contributed by atoms with Crippen LogP contribution in [-0.4, -0.2) is 78.7 Å². The molecule has 2 aliphatic rings. The Hall–Kier alpha value is -0.940. The zero-order chi connectivity index (χ0) is 15.6. The number of piperidine rings is 1. The van der Waals surface area contributed by atoms with Gasteiger partial charge in [0.05, 0.1) is 6.04 Å². The predicted octanol–water partition coefficient (Wildman–Crippen LogP) is 1.22. The van der Waals surface area contributed by atoms with Gasteiger partial charge in [0.1, 0.15) is 5.60 Å². The van der Waals surface area contributed by atoms with Crippen LogP contribution in [0.1, 0.15) is 18.9 Å². The van der Waals surface area contributed by atoms with Gasteiger partial charge >= 0.3 is 0 Å². The molecule has 0 spiro atoms. The molecule has 2 saturated heterocycles. The van der Waals surface area contributed by atoms with Crippen molar-refractivity contribution in [2.45, 2.75) is 25.0 Å². The second kappa shape index (κ2) is 6.67. The largest absolute Gasteiger partial charge is 0.383 e. The molecular weight excluding hydrogens is 274 g/mol. The second-order valence-electron chi connectivity index (χ2n) is 6.79. The number of aliphatic hydroxyl groups is 1. The molecule has 3 rings (SSSR count). The molecule has 4 heteroatoms. The topological polar surface area (TPSA) is 30.0 Å². The summed E-state index contributed by atoms with van der Waals surface area (Å²) < 4.78 is 0. The van der Waals surface area contributed by atoms with Crippen LogP contribution in [0.15, 0.2) is 30.3 Å². The molecule has 22 heavy (non-hydrogen) atoms. The van der Waals surface area contributed by atoms with E-state index in [-0.39, 0.29) is 6.04 Å². The summed E-state index contributed by atoms with van der Waals surface area (Å²) in [7, 11) is 2.18. The summed E-state index contributed by atoms with van der Waals surface area (Å²) in [6.07, 6.45) is 0.821. The highest BCUT2D eigenvalue weighted by molar-refractivity contribution is 5.26. The van der Waals surface area contributed by atoms with E-state index in [1.807, 2.05) is 18.2 Å². The Labute approximate surface area is 134 Å². The van der Waals surface area contributed by atoms with Crippen molar-refractivity contribution in [3.05, 3.63) is 35.9 Å². The molecule has 0 aromatic heterocycles. The van der Waals surface area contributed by atoms with Crippen molar-refractivity contribution in [2.75, 3.05) is 52.9 Å². The molecule has 0 aliphatic carbocycles. The maximum absolute atomic E-state index is 11.6. The first-order valence-electron chi connectivity index (χ1n) is 8.56. The Kier molecular flexibility index (Phi) is 4.83. The van der Waals surface area contributed by atoms with Gasteiger partial charge in [-0.3, -0.25) is 4.90 Å². The van der Waals surface area contributed by atoms with Gasteiger partial charge in [0.2, 0.25) is 0 Å². The third-order valence-electron chi connectivity index (χ3n) is 5.49.